The van der Waals surface area contributed by atoms with E-state index in [4.69, 9.17) is 16.3 Å². The average Bonchev–Trinajstić information content (AvgIpc) is 2.47. The fraction of sp³-hybridized carbons (Fsp3) is 0.294. The molecule has 0 bridgehead atoms. The first-order chi connectivity index (χ1) is 9.60. The molecule has 2 aromatic rings. The molecular weight excluding hydrogens is 270 g/mol. The second kappa shape index (κ2) is 6.78. The fourth-order valence-electron chi connectivity index (χ4n) is 2.24. The van der Waals surface area contributed by atoms with Crippen molar-refractivity contribution in [2.24, 2.45) is 0 Å². The molecule has 1 unspecified atom stereocenters. The van der Waals surface area contributed by atoms with Gasteiger partial charge in [-0.15, -0.1) is 0 Å². The van der Waals surface area contributed by atoms with Crippen molar-refractivity contribution in [3.8, 4) is 5.75 Å². The van der Waals surface area contributed by atoms with Crippen LogP contribution in [0.25, 0.3) is 0 Å². The van der Waals surface area contributed by atoms with Crippen LogP contribution in [0.1, 0.15) is 37.1 Å². The van der Waals surface area contributed by atoms with E-state index in [9.17, 15) is 0 Å². The average molecular weight is 290 g/mol. The lowest BCUT2D eigenvalue weighted by Crippen LogP contribution is -2.22. The van der Waals surface area contributed by atoms with Gasteiger partial charge in [0.1, 0.15) is 5.75 Å². The molecule has 0 fully saturated rings. The van der Waals surface area contributed by atoms with Crippen molar-refractivity contribution < 1.29 is 4.74 Å². The van der Waals surface area contributed by atoms with Crippen molar-refractivity contribution in [1.29, 1.82) is 0 Å². The van der Waals surface area contributed by atoms with Gasteiger partial charge in [0.15, 0.2) is 0 Å². The predicted molar refractivity (Wildman–Crippen MR) is 84.4 cm³/mol. The summed E-state index contributed by atoms with van der Waals surface area (Å²) in [4.78, 5) is 0. The van der Waals surface area contributed by atoms with Crippen molar-refractivity contribution in [1.82, 2.24) is 5.32 Å². The third-order valence-electron chi connectivity index (χ3n) is 3.46. The zero-order chi connectivity index (χ0) is 14.5. The Kier molecular flexibility index (Phi) is 5.05. The van der Waals surface area contributed by atoms with Gasteiger partial charge in [0, 0.05) is 17.1 Å². The number of halogens is 1. The summed E-state index contributed by atoms with van der Waals surface area (Å²) in [5, 5.41) is 4.35. The molecule has 0 heterocycles. The molecule has 2 atom stereocenters. The molecule has 0 aliphatic carbocycles. The van der Waals surface area contributed by atoms with Crippen molar-refractivity contribution in [2.75, 3.05) is 7.11 Å². The molecule has 0 aliphatic heterocycles. The topological polar surface area (TPSA) is 21.3 Å². The highest BCUT2D eigenvalue weighted by molar-refractivity contribution is 6.30. The maximum Gasteiger partial charge on any atom is 0.118 e. The number of nitrogens with one attached hydrogen (secondary N) is 1. The first-order valence-electron chi connectivity index (χ1n) is 6.75. The lowest BCUT2D eigenvalue weighted by Gasteiger charge is -2.21. The van der Waals surface area contributed by atoms with Crippen molar-refractivity contribution in [3.05, 3.63) is 64.7 Å². The van der Waals surface area contributed by atoms with Gasteiger partial charge >= 0.3 is 0 Å². The number of methoxy groups -OCH3 is 1. The van der Waals surface area contributed by atoms with Gasteiger partial charge in [-0.25, -0.2) is 0 Å². The third-order valence-corrected chi connectivity index (χ3v) is 3.70. The van der Waals surface area contributed by atoms with E-state index in [1.165, 1.54) is 11.1 Å². The van der Waals surface area contributed by atoms with Crippen LogP contribution >= 0.6 is 11.6 Å². The van der Waals surface area contributed by atoms with Crippen LogP contribution in [-0.2, 0) is 0 Å². The molecule has 0 amide bonds. The number of hydrogen-bond acceptors (Lipinski definition) is 2. The summed E-state index contributed by atoms with van der Waals surface area (Å²) in [6.45, 7) is 4.30. The van der Waals surface area contributed by atoms with Gasteiger partial charge < -0.3 is 10.1 Å². The second-order valence-corrected chi connectivity index (χ2v) is 5.37. The van der Waals surface area contributed by atoms with Crippen LogP contribution in [0.4, 0.5) is 0 Å². The smallest absolute Gasteiger partial charge is 0.118 e. The minimum Gasteiger partial charge on any atom is -0.497 e. The van der Waals surface area contributed by atoms with Crippen LogP contribution in [-0.4, -0.2) is 7.11 Å². The van der Waals surface area contributed by atoms with E-state index in [0.29, 0.717) is 0 Å². The zero-order valence-electron chi connectivity index (χ0n) is 12.1. The Morgan fingerprint density at radius 3 is 2.20 bits per heavy atom. The lowest BCUT2D eigenvalue weighted by atomic mass is 10.0. The van der Waals surface area contributed by atoms with Crippen LogP contribution in [0.15, 0.2) is 48.5 Å². The van der Waals surface area contributed by atoms with Gasteiger partial charge in [-0.3, -0.25) is 0 Å². The Morgan fingerprint density at radius 1 is 0.950 bits per heavy atom. The predicted octanol–water partition coefficient (Wildman–Crippen LogP) is 4.76. The Morgan fingerprint density at radius 2 is 1.60 bits per heavy atom. The van der Waals surface area contributed by atoms with Gasteiger partial charge in [-0.1, -0.05) is 35.9 Å². The quantitative estimate of drug-likeness (QED) is 0.857. The minimum absolute atomic E-state index is 0.241. The molecule has 0 aliphatic rings. The van der Waals surface area contributed by atoms with E-state index < -0.39 is 0 Å². The molecule has 2 rings (SSSR count). The summed E-state index contributed by atoms with van der Waals surface area (Å²) in [7, 11) is 1.68. The first kappa shape index (κ1) is 14.9. The van der Waals surface area contributed by atoms with Crippen LogP contribution in [0, 0.1) is 0 Å². The van der Waals surface area contributed by atoms with Crippen molar-refractivity contribution in [2.45, 2.75) is 25.9 Å². The standard InChI is InChI=1S/C17H20ClNO/c1-12(14-7-9-17(20-3)10-8-14)19-13(2)15-5-4-6-16(18)11-15/h4-13,19H,1-3H3/t12-,13?/m1/s1. The molecule has 0 saturated carbocycles. The Balaban J connectivity index is 2.04. The monoisotopic (exact) mass is 289 g/mol. The molecule has 2 nitrogen and oxygen atoms in total. The van der Waals surface area contributed by atoms with Crippen molar-refractivity contribution in [3.63, 3.8) is 0 Å². The fourth-order valence-corrected chi connectivity index (χ4v) is 2.43. The highest BCUT2D eigenvalue weighted by Crippen LogP contribution is 2.22. The van der Waals surface area contributed by atoms with E-state index in [-0.39, 0.29) is 12.1 Å². The van der Waals surface area contributed by atoms with Crippen LogP contribution in [0.2, 0.25) is 5.02 Å². The summed E-state index contributed by atoms with van der Waals surface area (Å²) >= 11 is 6.03. The van der Waals surface area contributed by atoms with Gasteiger partial charge in [-0.05, 0) is 49.2 Å². The van der Waals surface area contributed by atoms with E-state index >= 15 is 0 Å². The largest absolute Gasteiger partial charge is 0.497 e. The number of ether oxygens (including phenoxy) is 1. The number of hydrogen-bond donors (Lipinski definition) is 1. The minimum atomic E-state index is 0.241. The summed E-state index contributed by atoms with van der Waals surface area (Å²) in [6, 6.07) is 16.6. The summed E-state index contributed by atoms with van der Waals surface area (Å²) in [5.74, 6) is 0.879. The molecule has 0 radical (unpaired) electrons. The highest BCUT2D eigenvalue weighted by Gasteiger charge is 2.11. The number of benzene rings is 2. The van der Waals surface area contributed by atoms with E-state index in [1.54, 1.807) is 7.11 Å². The Labute approximate surface area is 125 Å². The maximum absolute atomic E-state index is 6.03. The normalized spacial score (nSPS) is 13.8. The molecule has 106 valence electrons. The molecule has 2 aromatic carbocycles. The lowest BCUT2D eigenvalue weighted by molar-refractivity contribution is 0.414. The van der Waals surface area contributed by atoms with Gasteiger partial charge in [0.25, 0.3) is 0 Å². The van der Waals surface area contributed by atoms with Crippen molar-refractivity contribution >= 4 is 11.6 Å². The van der Waals surface area contributed by atoms with E-state index in [1.807, 2.05) is 30.3 Å². The summed E-state index contributed by atoms with van der Waals surface area (Å²) in [5.41, 5.74) is 2.43. The maximum atomic E-state index is 6.03. The third kappa shape index (κ3) is 3.75. The molecule has 0 spiro atoms. The van der Waals surface area contributed by atoms with Gasteiger partial charge in [0.05, 0.1) is 7.11 Å². The first-order valence-corrected chi connectivity index (χ1v) is 7.13. The van der Waals surface area contributed by atoms with Crippen LogP contribution in [0.3, 0.4) is 0 Å². The SMILES string of the molecule is COc1ccc([C@@H](C)NC(C)c2cccc(Cl)c2)cc1. The Hall–Kier alpha value is -1.51. The summed E-state index contributed by atoms with van der Waals surface area (Å²) < 4.78 is 5.18. The molecule has 0 aromatic heterocycles. The van der Waals surface area contributed by atoms with Gasteiger partial charge in [-0.2, -0.15) is 0 Å². The molecule has 0 saturated heterocycles. The second-order valence-electron chi connectivity index (χ2n) is 4.94. The zero-order valence-corrected chi connectivity index (χ0v) is 12.8. The number of rotatable bonds is 5. The molecule has 1 N–H and O–H groups in total. The Bertz CT molecular complexity index is 553. The van der Waals surface area contributed by atoms with E-state index in [0.717, 1.165) is 10.8 Å². The molecule has 3 heteroatoms. The highest BCUT2D eigenvalue weighted by atomic mass is 35.5. The van der Waals surface area contributed by atoms with Crippen LogP contribution in [0.5, 0.6) is 5.75 Å². The van der Waals surface area contributed by atoms with E-state index in [2.05, 4.69) is 37.4 Å². The summed E-state index contributed by atoms with van der Waals surface area (Å²) in [6.07, 6.45) is 0. The molecule has 20 heavy (non-hydrogen) atoms. The van der Waals surface area contributed by atoms with Crippen LogP contribution < -0.4 is 10.1 Å². The molecular formula is C17H20ClNO. The van der Waals surface area contributed by atoms with Gasteiger partial charge in [0.2, 0.25) is 0 Å².